The molecule has 0 saturated heterocycles. The third-order valence-electron chi connectivity index (χ3n) is 5.21. The molecule has 174 valence electrons. The topological polar surface area (TPSA) is 96.2 Å². The summed E-state index contributed by atoms with van der Waals surface area (Å²) in [5.41, 5.74) is 3.63. The molecule has 0 bridgehead atoms. The normalized spacial score (nSPS) is 10.8. The second-order valence-corrected chi connectivity index (χ2v) is 8.55. The van der Waals surface area contributed by atoms with Crippen molar-refractivity contribution in [1.82, 2.24) is 19.5 Å². The summed E-state index contributed by atoms with van der Waals surface area (Å²) in [5.74, 6) is 0.364. The van der Waals surface area contributed by atoms with Gasteiger partial charge in [0.15, 0.2) is 17.4 Å². The summed E-state index contributed by atoms with van der Waals surface area (Å²) in [6.45, 7) is 7.69. The maximum absolute atomic E-state index is 12.9. The SMILES string of the molecule is CCOc1ccc(-n2c(C)cc(C(=O)COC(=O)c3sc(-c4ncccn4)nc3C)c2C)cc1. The van der Waals surface area contributed by atoms with E-state index in [2.05, 4.69) is 15.0 Å². The molecule has 4 rings (SSSR count). The van der Waals surface area contributed by atoms with Crippen molar-refractivity contribution in [2.45, 2.75) is 27.7 Å². The Morgan fingerprint density at radius 1 is 1.06 bits per heavy atom. The standard InChI is InChI=1S/C25H24N4O4S/c1-5-32-19-9-7-18(8-10-19)29-15(2)13-20(17(29)4)21(30)14-33-25(31)22-16(3)28-24(34-22)23-26-11-6-12-27-23/h6-13H,5,14H2,1-4H3. The third-order valence-corrected chi connectivity index (χ3v) is 6.34. The zero-order valence-electron chi connectivity index (χ0n) is 19.4. The van der Waals surface area contributed by atoms with Crippen LogP contribution in [0.15, 0.2) is 48.8 Å². The number of aryl methyl sites for hydroxylation is 2. The Morgan fingerprint density at radius 2 is 1.76 bits per heavy atom. The van der Waals surface area contributed by atoms with E-state index in [0.717, 1.165) is 34.2 Å². The van der Waals surface area contributed by atoms with Gasteiger partial charge in [0.2, 0.25) is 5.78 Å². The summed E-state index contributed by atoms with van der Waals surface area (Å²) in [6, 6.07) is 11.2. The largest absolute Gasteiger partial charge is 0.494 e. The third kappa shape index (κ3) is 4.74. The molecule has 0 aliphatic carbocycles. The Morgan fingerprint density at radius 3 is 2.44 bits per heavy atom. The minimum Gasteiger partial charge on any atom is -0.494 e. The fourth-order valence-corrected chi connectivity index (χ4v) is 4.57. The van der Waals surface area contributed by atoms with Gasteiger partial charge in [-0.2, -0.15) is 0 Å². The highest BCUT2D eigenvalue weighted by atomic mass is 32.1. The van der Waals surface area contributed by atoms with E-state index in [9.17, 15) is 9.59 Å². The second kappa shape index (κ2) is 9.96. The number of rotatable bonds is 8. The molecule has 34 heavy (non-hydrogen) atoms. The van der Waals surface area contributed by atoms with Gasteiger partial charge in [-0.1, -0.05) is 0 Å². The number of carbonyl (C=O) groups excluding carboxylic acids is 2. The molecule has 4 aromatic rings. The van der Waals surface area contributed by atoms with Crippen molar-refractivity contribution in [3.63, 3.8) is 0 Å². The first-order chi connectivity index (χ1) is 16.4. The van der Waals surface area contributed by atoms with Gasteiger partial charge in [-0.3, -0.25) is 4.79 Å². The van der Waals surface area contributed by atoms with E-state index in [4.69, 9.17) is 9.47 Å². The molecule has 0 radical (unpaired) electrons. The highest BCUT2D eigenvalue weighted by Crippen LogP contribution is 2.26. The van der Waals surface area contributed by atoms with E-state index in [-0.39, 0.29) is 12.4 Å². The van der Waals surface area contributed by atoms with Gasteiger partial charge >= 0.3 is 5.97 Å². The van der Waals surface area contributed by atoms with Crippen LogP contribution in [0.1, 0.15) is 44.0 Å². The van der Waals surface area contributed by atoms with E-state index < -0.39 is 5.97 Å². The van der Waals surface area contributed by atoms with E-state index in [0.29, 0.717) is 33.6 Å². The van der Waals surface area contributed by atoms with Crippen molar-refractivity contribution in [2.24, 2.45) is 0 Å². The lowest BCUT2D eigenvalue weighted by Crippen LogP contribution is -2.15. The van der Waals surface area contributed by atoms with Crippen LogP contribution in [0.3, 0.4) is 0 Å². The van der Waals surface area contributed by atoms with Crippen molar-refractivity contribution in [2.75, 3.05) is 13.2 Å². The van der Waals surface area contributed by atoms with Crippen molar-refractivity contribution in [3.8, 4) is 22.3 Å². The zero-order chi connectivity index (χ0) is 24.2. The molecule has 3 heterocycles. The number of ketones is 1. The van der Waals surface area contributed by atoms with Crippen molar-refractivity contribution in [1.29, 1.82) is 0 Å². The summed E-state index contributed by atoms with van der Waals surface area (Å²) < 4.78 is 12.8. The summed E-state index contributed by atoms with van der Waals surface area (Å²) in [4.78, 5) is 38.6. The number of esters is 1. The summed E-state index contributed by atoms with van der Waals surface area (Å²) in [7, 11) is 0. The van der Waals surface area contributed by atoms with Crippen LogP contribution < -0.4 is 4.74 Å². The predicted octanol–water partition coefficient (Wildman–Crippen LogP) is 4.75. The van der Waals surface area contributed by atoms with Crippen LogP contribution in [0, 0.1) is 20.8 Å². The number of hydrogen-bond acceptors (Lipinski definition) is 8. The number of nitrogens with zero attached hydrogens (tertiary/aromatic N) is 4. The lowest BCUT2D eigenvalue weighted by Gasteiger charge is -2.11. The van der Waals surface area contributed by atoms with Gasteiger partial charge in [0.1, 0.15) is 10.6 Å². The molecule has 0 saturated carbocycles. The first-order valence-corrected chi connectivity index (χ1v) is 11.6. The van der Waals surface area contributed by atoms with Gasteiger partial charge in [0, 0.05) is 35.0 Å². The van der Waals surface area contributed by atoms with Crippen LogP contribution in [-0.2, 0) is 4.74 Å². The van der Waals surface area contributed by atoms with Gasteiger partial charge < -0.3 is 14.0 Å². The van der Waals surface area contributed by atoms with Crippen LogP contribution in [0.2, 0.25) is 0 Å². The molecule has 0 aliphatic heterocycles. The monoisotopic (exact) mass is 476 g/mol. The van der Waals surface area contributed by atoms with Crippen molar-refractivity contribution >= 4 is 23.1 Å². The van der Waals surface area contributed by atoms with Gasteiger partial charge in [-0.25, -0.2) is 19.7 Å². The Hall–Kier alpha value is -3.85. The van der Waals surface area contributed by atoms with E-state index in [1.165, 1.54) is 0 Å². The summed E-state index contributed by atoms with van der Waals surface area (Å²) in [5, 5.41) is 0.523. The second-order valence-electron chi connectivity index (χ2n) is 7.55. The smallest absolute Gasteiger partial charge is 0.350 e. The van der Waals surface area contributed by atoms with Gasteiger partial charge in [0.05, 0.1) is 12.3 Å². The first kappa shape index (κ1) is 23.3. The quantitative estimate of drug-likeness (QED) is 0.267. The van der Waals surface area contributed by atoms with Crippen LogP contribution in [-0.4, -0.2) is 44.5 Å². The van der Waals surface area contributed by atoms with Crippen molar-refractivity contribution in [3.05, 3.63) is 76.3 Å². The lowest BCUT2D eigenvalue weighted by atomic mass is 10.1. The van der Waals surface area contributed by atoms with Gasteiger partial charge in [0.25, 0.3) is 0 Å². The number of benzene rings is 1. The Balaban J connectivity index is 1.47. The molecular formula is C25H24N4O4S. The number of carbonyl (C=O) groups is 2. The molecule has 0 N–H and O–H groups in total. The number of ether oxygens (including phenoxy) is 2. The maximum atomic E-state index is 12.9. The highest BCUT2D eigenvalue weighted by molar-refractivity contribution is 7.16. The maximum Gasteiger partial charge on any atom is 0.350 e. The average Bonchev–Trinajstić information content (AvgIpc) is 3.38. The molecule has 0 atom stereocenters. The minimum atomic E-state index is -0.592. The minimum absolute atomic E-state index is 0.271. The van der Waals surface area contributed by atoms with Crippen LogP contribution >= 0.6 is 11.3 Å². The molecule has 3 aromatic heterocycles. The zero-order valence-corrected chi connectivity index (χ0v) is 20.2. The van der Waals surface area contributed by atoms with E-state index >= 15 is 0 Å². The lowest BCUT2D eigenvalue weighted by molar-refractivity contribution is 0.0478. The Bertz CT molecular complexity index is 1330. The molecule has 0 fully saturated rings. The number of aromatic nitrogens is 4. The van der Waals surface area contributed by atoms with E-state index in [1.54, 1.807) is 25.4 Å². The van der Waals surface area contributed by atoms with Gasteiger partial charge in [-0.15, -0.1) is 11.3 Å². The fraction of sp³-hybridized carbons (Fsp3) is 0.240. The number of Topliss-reactive ketones (excluding diaryl/α,β-unsaturated/α-hetero) is 1. The Kier molecular flexibility index (Phi) is 6.83. The molecule has 9 heteroatoms. The molecule has 0 unspecified atom stereocenters. The van der Waals surface area contributed by atoms with Crippen molar-refractivity contribution < 1.29 is 19.1 Å². The predicted molar refractivity (Wildman–Crippen MR) is 129 cm³/mol. The van der Waals surface area contributed by atoms with E-state index in [1.807, 2.05) is 55.7 Å². The van der Waals surface area contributed by atoms with Crippen LogP contribution in [0.4, 0.5) is 0 Å². The average molecular weight is 477 g/mol. The number of thiazole rings is 1. The van der Waals surface area contributed by atoms with Crippen LogP contribution in [0.25, 0.3) is 16.5 Å². The molecule has 0 aliphatic rings. The Labute approximate surface area is 201 Å². The van der Waals surface area contributed by atoms with Crippen LogP contribution in [0.5, 0.6) is 5.75 Å². The molecule has 0 spiro atoms. The summed E-state index contributed by atoms with van der Waals surface area (Å²) >= 11 is 1.14. The molecule has 1 aromatic carbocycles. The fourth-order valence-electron chi connectivity index (χ4n) is 3.67. The first-order valence-electron chi connectivity index (χ1n) is 10.8. The molecular weight excluding hydrogens is 452 g/mol. The molecule has 8 nitrogen and oxygen atoms in total. The number of hydrogen-bond donors (Lipinski definition) is 0. The van der Waals surface area contributed by atoms with Gasteiger partial charge in [-0.05, 0) is 64.1 Å². The molecule has 0 amide bonds. The highest BCUT2D eigenvalue weighted by Gasteiger charge is 2.22. The summed E-state index contributed by atoms with van der Waals surface area (Å²) in [6.07, 6.45) is 3.22.